The highest BCUT2D eigenvalue weighted by Gasteiger charge is 2.12. The van der Waals surface area contributed by atoms with E-state index in [1.165, 1.54) is 28.3 Å². The van der Waals surface area contributed by atoms with Gasteiger partial charge in [0.15, 0.2) is 5.16 Å². The van der Waals surface area contributed by atoms with Gasteiger partial charge in [-0.15, -0.1) is 10.2 Å². The molecule has 1 amide bonds. The average molecular weight is 406 g/mol. The molecule has 0 spiro atoms. The monoisotopic (exact) mass is 405 g/mol. The number of aryl methyl sites for hydroxylation is 2. The van der Waals surface area contributed by atoms with Crippen LogP contribution in [-0.2, 0) is 11.2 Å². The summed E-state index contributed by atoms with van der Waals surface area (Å²) in [6.45, 7) is 4.72. The number of rotatable bonds is 7. The lowest BCUT2D eigenvalue weighted by Crippen LogP contribution is -2.27. The maximum Gasteiger partial charge on any atom is 0.230 e. The molecule has 29 heavy (non-hydrogen) atoms. The van der Waals surface area contributed by atoms with E-state index in [0.29, 0.717) is 17.5 Å². The summed E-state index contributed by atoms with van der Waals surface area (Å²) in [7, 11) is 0. The van der Waals surface area contributed by atoms with Gasteiger partial charge < -0.3 is 10.3 Å². The Hall–Kier alpha value is -3.06. The van der Waals surface area contributed by atoms with E-state index in [1.54, 1.807) is 6.33 Å². The molecule has 0 saturated heterocycles. The minimum Gasteiger partial charge on any atom is -0.361 e. The topological polar surface area (TPSA) is 75.6 Å². The third-order valence-corrected chi connectivity index (χ3v) is 5.81. The van der Waals surface area contributed by atoms with Crippen molar-refractivity contribution in [2.75, 3.05) is 12.3 Å². The van der Waals surface area contributed by atoms with E-state index in [-0.39, 0.29) is 5.91 Å². The molecule has 0 aliphatic rings. The summed E-state index contributed by atoms with van der Waals surface area (Å²) in [5.41, 5.74) is 5.68. The molecule has 148 valence electrons. The van der Waals surface area contributed by atoms with Crippen LogP contribution in [0.3, 0.4) is 0 Å². The van der Waals surface area contributed by atoms with Gasteiger partial charge in [0.05, 0.1) is 11.4 Å². The minimum absolute atomic E-state index is 0.00893. The zero-order valence-electron chi connectivity index (χ0n) is 16.5. The number of nitrogens with zero attached hydrogens (tertiary/aromatic N) is 3. The molecular weight excluding hydrogens is 382 g/mol. The first-order valence-corrected chi connectivity index (χ1v) is 10.5. The number of H-pyrrole nitrogens is 1. The van der Waals surface area contributed by atoms with Crippen molar-refractivity contribution in [3.63, 3.8) is 0 Å². The summed E-state index contributed by atoms with van der Waals surface area (Å²) < 4.78 is 1.94. The van der Waals surface area contributed by atoms with Crippen LogP contribution in [0.4, 0.5) is 0 Å². The van der Waals surface area contributed by atoms with E-state index in [2.05, 4.69) is 64.7 Å². The van der Waals surface area contributed by atoms with Crippen molar-refractivity contribution in [2.24, 2.45) is 0 Å². The minimum atomic E-state index is -0.00893. The maximum absolute atomic E-state index is 12.3. The molecule has 0 unspecified atom stereocenters. The molecule has 0 aliphatic carbocycles. The fraction of sp³-hybridized carbons (Fsp3) is 0.227. The molecule has 4 aromatic rings. The molecule has 2 aromatic heterocycles. The highest BCUT2D eigenvalue weighted by Crippen LogP contribution is 2.23. The molecular formula is C22H23N5OS. The number of carbonyl (C=O) groups excluding carboxylic acids is 1. The largest absolute Gasteiger partial charge is 0.361 e. The summed E-state index contributed by atoms with van der Waals surface area (Å²) in [4.78, 5) is 15.6. The van der Waals surface area contributed by atoms with Gasteiger partial charge in [-0.3, -0.25) is 9.36 Å². The van der Waals surface area contributed by atoms with Gasteiger partial charge >= 0.3 is 0 Å². The van der Waals surface area contributed by atoms with Crippen LogP contribution in [0.2, 0.25) is 0 Å². The third-order valence-electron chi connectivity index (χ3n) is 4.86. The van der Waals surface area contributed by atoms with Gasteiger partial charge in [0.25, 0.3) is 0 Å². The Labute approximate surface area is 173 Å². The molecule has 0 bridgehead atoms. The number of fused-ring (bicyclic) bond motifs is 1. The summed E-state index contributed by atoms with van der Waals surface area (Å²) >= 11 is 1.39. The van der Waals surface area contributed by atoms with Gasteiger partial charge in [-0.1, -0.05) is 42.1 Å². The van der Waals surface area contributed by atoms with E-state index < -0.39 is 0 Å². The zero-order chi connectivity index (χ0) is 20.2. The molecule has 0 atom stereocenters. The van der Waals surface area contributed by atoms with Crippen molar-refractivity contribution >= 4 is 28.6 Å². The van der Waals surface area contributed by atoms with Crippen LogP contribution in [0.25, 0.3) is 16.6 Å². The van der Waals surface area contributed by atoms with Crippen LogP contribution in [-0.4, -0.2) is 38.0 Å². The SMILES string of the molecule is Cc1ccc(C)c(-n2cnnc2SCC(=O)NCCc2c[nH]c3ccccc23)c1. The number of nitrogens with one attached hydrogen (secondary N) is 2. The molecule has 0 saturated carbocycles. The second-order valence-electron chi connectivity index (χ2n) is 7.02. The summed E-state index contributed by atoms with van der Waals surface area (Å²) in [5, 5.41) is 13.1. The van der Waals surface area contributed by atoms with Crippen molar-refractivity contribution in [2.45, 2.75) is 25.4 Å². The van der Waals surface area contributed by atoms with Gasteiger partial charge in [0.1, 0.15) is 6.33 Å². The number of hydrogen-bond acceptors (Lipinski definition) is 4. The quantitative estimate of drug-likeness (QED) is 0.459. The second kappa shape index (κ2) is 8.53. The fourth-order valence-electron chi connectivity index (χ4n) is 3.32. The van der Waals surface area contributed by atoms with Crippen LogP contribution >= 0.6 is 11.8 Å². The molecule has 4 rings (SSSR count). The molecule has 2 heterocycles. The predicted octanol–water partition coefficient (Wildman–Crippen LogP) is 3.82. The van der Waals surface area contributed by atoms with Crippen LogP contribution in [0.15, 0.2) is 60.1 Å². The first-order chi connectivity index (χ1) is 14.1. The number of aromatic nitrogens is 4. The Bertz CT molecular complexity index is 1150. The van der Waals surface area contributed by atoms with Crippen molar-refractivity contribution in [3.8, 4) is 5.69 Å². The Morgan fingerprint density at radius 1 is 1.21 bits per heavy atom. The molecule has 2 aromatic carbocycles. The van der Waals surface area contributed by atoms with Crippen LogP contribution in [0.1, 0.15) is 16.7 Å². The number of aromatic amines is 1. The zero-order valence-corrected chi connectivity index (χ0v) is 17.3. The highest BCUT2D eigenvalue weighted by atomic mass is 32.2. The lowest BCUT2D eigenvalue weighted by atomic mass is 10.1. The molecule has 0 fully saturated rings. The first kappa shape index (κ1) is 19.3. The maximum atomic E-state index is 12.3. The Morgan fingerprint density at radius 3 is 2.97 bits per heavy atom. The Morgan fingerprint density at radius 2 is 2.07 bits per heavy atom. The molecule has 7 heteroatoms. The van der Waals surface area contributed by atoms with E-state index >= 15 is 0 Å². The second-order valence-corrected chi connectivity index (χ2v) is 7.96. The average Bonchev–Trinajstić information content (AvgIpc) is 3.35. The molecule has 2 N–H and O–H groups in total. The number of thioether (sulfide) groups is 1. The summed E-state index contributed by atoms with van der Waals surface area (Å²) in [6.07, 6.45) is 4.50. The standard InChI is InChI=1S/C22H23N5OS/c1-15-7-8-16(2)20(11-15)27-14-25-26-22(27)29-13-21(28)23-10-9-17-12-24-19-6-4-3-5-18(17)19/h3-8,11-12,14,24H,9-10,13H2,1-2H3,(H,23,28). The van der Waals surface area contributed by atoms with Crippen LogP contribution < -0.4 is 5.32 Å². The summed E-state index contributed by atoms with van der Waals surface area (Å²) in [5.74, 6) is 0.294. The van der Waals surface area contributed by atoms with Gasteiger partial charge in [0, 0.05) is 23.6 Å². The van der Waals surface area contributed by atoms with Crippen LogP contribution in [0.5, 0.6) is 0 Å². The fourth-order valence-corrected chi connectivity index (χ4v) is 4.07. The van der Waals surface area contributed by atoms with Gasteiger partial charge in [-0.2, -0.15) is 0 Å². The lowest BCUT2D eigenvalue weighted by Gasteiger charge is -2.10. The molecule has 6 nitrogen and oxygen atoms in total. The third kappa shape index (κ3) is 4.35. The van der Waals surface area contributed by atoms with Gasteiger partial charge in [-0.05, 0) is 49.1 Å². The van der Waals surface area contributed by atoms with Crippen molar-refractivity contribution in [3.05, 3.63) is 71.7 Å². The summed E-state index contributed by atoms with van der Waals surface area (Å²) in [6, 6.07) is 14.5. The lowest BCUT2D eigenvalue weighted by molar-refractivity contribution is -0.118. The smallest absolute Gasteiger partial charge is 0.230 e. The highest BCUT2D eigenvalue weighted by molar-refractivity contribution is 7.99. The first-order valence-electron chi connectivity index (χ1n) is 9.54. The van der Waals surface area contributed by atoms with Crippen molar-refractivity contribution in [1.82, 2.24) is 25.1 Å². The Kier molecular flexibility index (Phi) is 5.67. The van der Waals surface area contributed by atoms with E-state index in [0.717, 1.165) is 23.2 Å². The number of carbonyl (C=O) groups is 1. The van der Waals surface area contributed by atoms with Gasteiger partial charge in [0.2, 0.25) is 5.91 Å². The number of benzene rings is 2. The number of hydrogen-bond donors (Lipinski definition) is 2. The predicted molar refractivity (Wildman–Crippen MR) is 117 cm³/mol. The molecule has 0 radical (unpaired) electrons. The van der Waals surface area contributed by atoms with E-state index in [1.807, 2.05) is 22.9 Å². The van der Waals surface area contributed by atoms with Gasteiger partial charge in [-0.25, -0.2) is 0 Å². The number of amides is 1. The molecule has 0 aliphatic heterocycles. The van der Waals surface area contributed by atoms with Crippen molar-refractivity contribution in [1.29, 1.82) is 0 Å². The van der Waals surface area contributed by atoms with E-state index in [4.69, 9.17) is 0 Å². The number of para-hydroxylation sites is 1. The normalized spacial score (nSPS) is 11.1. The van der Waals surface area contributed by atoms with Crippen LogP contribution in [0, 0.1) is 13.8 Å². The van der Waals surface area contributed by atoms with Crippen molar-refractivity contribution < 1.29 is 4.79 Å². The van der Waals surface area contributed by atoms with E-state index in [9.17, 15) is 4.79 Å². The Balaban J connectivity index is 1.33.